The largest absolute Gasteiger partial charge is 0.497 e. The first-order valence-corrected chi connectivity index (χ1v) is 54.4. The number of imide groups is 3. The first kappa shape index (κ1) is 107. The zero-order valence-corrected chi connectivity index (χ0v) is 83.2. The molecule has 139 heavy (non-hydrogen) atoms. The van der Waals surface area contributed by atoms with Crippen LogP contribution in [0.1, 0.15) is 244 Å². The van der Waals surface area contributed by atoms with E-state index in [0.717, 1.165) is 119 Å². The molecule has 0 bridgehead atoms. The number of amides is 6. The van der Waals surface area contributed by atoms with E-state index in [1.165, 1.54) is 42.4 Å². The van der Waals surface area contributed by atoms with Gasteiger partial charge in [-0.3, -0.25) is 72.2 Å². The molecule has 746 valence electrons. The third kappa shape index (κ3) is 25.1. The van der Waals surface area contributed by atoms with Crippen LogP contribution in [0, 0.1) is 20.8 Å². The Bertz CT molecular complexity index is 5720. The predicted octanol–water partition coefficient (Wildman–Crippen LogP) is 10.7. The number of nitrogens with one attached hydrogen (secondary N) is 3. The van der Waals surface area contributed by atoms with E-state index in [2.05, 4.69) is 28.8 Å². The number of unbranched alkanes of at least 4 members (excludes halogenated alkanes) is 11. The van der Waals surface area contributed by atoms with Crippen LogP contribution in [0.25, 0.3) is 0 Å². The number of halogens is 1. The number of nitrogens with zero attached hydrogens (tertiary/aromatic N) is 6. The summed E-state index contributed by atoms with van der Waals surface area (Å²) in [4.78, 5) is 156. The molecule has 8 N–H and O–H groups in total. The molecule has 4 fully saturated rings. The maximum Gasteiger partial charge on any atom is 0.330 e. The Morgan fingerprint density at radius 3 is 1.04 bits per heavy atom. The Labute approximate surface area is 814 Å². The number of carbonyl (C=O) groups excluding carboxylic acids is 6. The number of hydrogen-bond acceptors (Lipinski definition) is 26. The predicted molar refractivity (Wildman–Crippen MR) is 517 cm³/mol. The fraction of sp³-hybridized carbons (Fsp3) is 0.471. The van der Waals surface area contributed by atoms with Gasteiger partial charge in [-0.05, 0) is 136 Å². The summed E-state index contributed by atoms with van der Waals surface area (Å²) in [6.45, 7) is 12.3. The van der Waals surface area contributed by atoms with Crippen molar-refractivity contribution in [3.05, 3.63) is 300 Å². The van der Waals surface area contributed by atoms with Crippen molar-refractivity contribution < 1.29 is 93.6 Å². The summed E-state index contributed by atoms with van der Waals surface area (Å²) in [6.07, 6.45) is 9.38. The quantitative estimate of drug-likeness (QED) is 0.00583. The van der Waals surface area contributed by atoms with Crippen LogP contribution in [0.2, 0.25) is 8.87 Å². The van der Waals surface area contributed by atoms with Crippen molar-refractivity contribution in [1.29, 1.82) is 0 Å². The molecule has 0 aliphatic carbocycles. The number of aromatic nitrogens is 6. The molecule has 7 aliphatic rings. The summed E-state index contributed by atoms with van der Waals surface area (Å²) in [6, 6.07) is 46.4. The molecule has 9 aromatic rings. The van der Waals surface area contributed by atoms with Gasteiger partial charge in [-0.15, -0.1) is 11.6 Å². The molecule has 0 radical (unpaired) electrons. The van der Waals surface area contributed by atoms with Crippen molar-refractivity contribution in [2.24, 2.45) is 0 Å². The van der Waals surface area contributed by atoms with Gasteiger partial charge in [0.15, 0.2) is 12.5 Å². The summed E-state index contributed by atoms with van der Waals surface area (Å²) in [7, 11) is 3.31. The summed E-state index contributed by atoms with van der Waals surface area (Å²) in [5, 5.41) is 49.1. The standard InChI is InChI=1S/C25H31N3O7.C24H29N3O8.C21H19ClO2.C14H17NO3.C10H12N2O6.2C4H9.Sn/c1-3-18-19(29)20(24(35-18)28-14-15(2)21(30)26-25(28)33)34-13-9-5-4-8-12-27-22(31)16-10-6-7-11-17(16)23(27)32;1-14-12-27(24(33)25-20(14)30)23-19(18(29)17(13-28)35-23)34-11-7-3-2-6-10-26-21(31)15-8-4-5-9-16(15)22(26)32;1-23-19-12-8-17(9-13-19)21(22,16-6-4-3-5-7-16)18-10-14-20(24-2)15-11-18;16-10-6-2-1-5-9-15-13(17)11-7-3-4-8-12(11)14(15)18;1-4-2-12(10(17)11-8(4)16)9-7(15)6(14)5(3-13)18-9;2*1-3-4-2;/h6-7,10-11,14,18-20,24,29H,3-5,8-9,12-13H2,1-2H3,(H,26,30,33);4-5,8-9,12,17-19,23,28-29H,2-3,6-7,10-11,13H2,1H3,(H,25,30,33);3-15H,1-2H3;3-4,7-8,16H,1-2,5-6,9-10H2;2,5-7,9,13H,3H2,1H3,(H,11,16,17);2*1,3-4H2,2H3;/q;;;;-2;;;+2/t18-,19+,20?,24-;17-,18+,19?,23-;;;5-,6+,7?,9-;;;/m11..1.../s1. The number of hydrogen-bond donors (Lipinski definition) is 8. The number of carbonyl (C=O) groups is 6. The fourth-order valence-electron chi connectivity index (χ4n) is 17.9. The molecule has 4 saturated heterocycles. The van der Waals surface area contributed by atoms with Crippen molar-refractivity contribution in [1.82, 2.24) is 43.4 Å². The number of rotatable bonds is 39. The van der Waals surface area contributed by atoms with Crippen LogP contribution < -0.4 is 43.2 Å². The molecule has 6 aromatic carbocycles. The minimum absolute atomic E-state index is 0.183. The molecule has 37 heteroatoms. The van der Waals surface area contributed by atoms with Gasteiger partial charge in [0.25, 0.3) is 46.6 Å². The number of ether oxygens (including phenoxy) is 7. The molecule has 3 aromatic heterocycles. The molecular formula is C102H126ClN9O26Sn. The van der Waals surface area contributed by atoms with Crippen LogP contribution in [-0.4, -0.2) is 245 Å². The van der Waals surface area contributed by atoms with E-state index in [4.69, 9.17) is 56.0 Å². The third-order valence-corrected chi connectivity index (χ3v) is 36.7. The molecule has 10 heterocycles. The topological polar surface area (TPSA) is 461 Å². The molecule has 35 nitrogen and oxygen atoms in total. The van der Waals surface area contributed by atoms with E-state index in [1.54, 1.807) is 108 Å². The molecule has 7 aliphatic heterocycles. The monoisotopic (exact) mass is 2050 g/mol. The average molecular weight is 2050 g/mol. The van der Waals surface area contributed by atoms with Crippen LogP contribution in [0.15, 0.2) is 199 Å². The molecule has 12 atom stereocenters. The summed E-state index contributed by atoms with van der Waals surface area (Å²) in [5.74, 6) is 0.237. The number of aliphatic hydroxyl groups excluding tert-OH is 5. The number of methoxy groups -OCH3 is 2. The van der Waals surface area contributed by atoms with Crippen molar-refractivity contribution in [3.63, 3.8) is 0 Å². The first-order chi connectivity index (χ1) is 67.0. The maximum absolute atomic E-state index is 12.4. The number of benzene rings is 6. The Kier molecular flexibility index (Phi) is 38.7. The van der Waals surface area contributed by atoms with Crippen molar-refractivity contribution in [3.8, 4) is 11.5 Å². The number of fused-ring (bicyclic) bond motifs is 4. The third-order valence-electron chi connectivity index (χ3n) is 25.7. The van der Waals surface area contributed by atoms with Gasteiger partial charge >= 0.3 is 175 Å². The minimum Gasteiger partial charge on any atom is -0.497 e. The Morgan fingerprint density at radius 1 is 0.381 bits per heavy atom. The van der Waals surface area contributed by atoms with Crippen LogP contribution in [0.3, 0.4) is 0 Å². The van der Waals surface area contributed by atoms with Crippen LogP contribution in [0.4, 0.5) is 0 Å². The first-order valence-electron chi connectivity index (χ1n) is 47.6. The zero-order chi connectivity index (χ0) is 99.8. The van der Waals surface area contributed by atoms with E-state index in [0.29, 0.717) is 108 Å². The smallest absolute Gasteiger partial charge is 0.330 e. The molecular weight excluding hydrogens is 1920 g/mol. The fourth-order valence-corrected chi connectivity index (χ4v) is 30.0. The van der Waals surface area contributed by atoms with Gasteiger partial charge < -0.3 is 48.8 Å². The van der Waals surface area contributed by atoms with Gasteiger partial charge in [0, 0.05) is 63.0 Å². The molecule has 0 saturated carbocycles. The van der Waals surface area contributed by atoms with Gasteiger partial charge in [-0.25, -0.2) is 9.59 Å². The molecule has 16 rings (SSSR count). The Balaban J connectivity index is 0.000000158. The second-order valence-corrected chi connectivity index (χ2v) is 45.2. The van der Waals surface area contributed by atoms with E-state index in [1.807, 2.05) is 85.8 Å². The van der Waals surface area contributed by atoms with Crippen molar-refractivity contribution in [2.75, 3.05) is 66.9 Å². The number of H-pyrrole nitrogens is 3. The zero-order valence-electron chi connectivity index (χ0n) is 79.6. The maximum atomic E-state index is 12.4. The molecule has 3 unspecified atom stereocenters. The van der Waals surface area contributed by atoms with E-state index in [9.17, 15) is 78.0 Å². The van der Waals surface area contributed by atoms with Crippen molar-refractivity contribution in [2.45, 2.75) is 238 Å². The van der Waals surface area contributed by atoms with Gasteiger partial charge in [0.05, 0.1) is 60.3 Å². The normalized spacial score (nSPS) is 21.4. The van der Waals surface area contributed by atoms with Gasteiger partial charge in [-0.1, -0.05) is 136 Å². The SMILES string of the molecule is CCC[CH2][Sn]1([CH2]CCC)[O]C2[C@@H]([O]1)[C@@H](CO)O[C@H]2n1cc(C)c(=O)[nH]c1=O.CC[C@H]1O[C@@H](n2cc(C)c(=O)[nH]c2=O)C(OCCCCCCN2C(=O)c3ccccc3C2=O)[C@H]1O.COc1ccc(C(Cl)(c2ccccc2)c2ccc(OC)cc2)cc1.Cc1cn([C@@H]2O[C@H](CO)[C@H](O)C2OCCCCCCN2C(=O)c3ccccc3C2=O)c(=O)[nH]c1=O.O=C1c2ccccc2C(=O)N1CCCCCCO. The number of aromatic amines is 3. The summed E-state index contributed by atoms with van der Waals surface area (Å²) >= 11 is 3.92. The Morgan fingerprint density at radius 2 is 0.698 bits per heavy atom. The second kappa shape index (κ2) is 50.4. The van der Waals surface area contributed by atoms with E-state index < -0.39 is 132 Å². The van der Waals surface area contributed by atoms with Gasteiger partial charge in [0.1, 0.15) is 46.9 Å². The van der Waals surface area contributed by atoms with Crippen molar-refractivity contribution >= 4 is 66.2 Å². The second-order valence-electron chi connectivity index (χ2n) is 35.2. The van der Waals surface area contributed by atoms with Gasteiger partial charge in [-0.2, -0.15) is 0 Å². The van der Waals surface area contributed by atoms with Gasteiger partial charge in [0.2, 0.25) is 0 Å². The Hall–Kier alpha value is -11.0. The van der Waals surface area contributed by atoms with Crippen LogP contribution in [0.5, 0.6) is 11.5 Å². The van der Waals surface area contributed by atoms with E-state index >= 15 is 0 Å². The number of alkyl halides is 1. The van der Waals surface area contributed by atoms with Crippen LogP contribution in [-0.2, 0) is 34.7 Å². The summed E-state index contributed by atoms with van der Waals surface area (Å²) < 4.78 is 58.7. The van der Waals surface area contributed by atoms with E-state index in [-0.39, 0.29) is 61.4 Å². The van der Waals surface area contributed by atoms with Crippen LogP contribution >= 0.6 is 11.6 Å². The summed E-state index contributed by atoms with van der Waals surface area (Å²) in [5.41, 5.74) is 3.66. The molecule has 0 spiro atoms. The molecule has 6 amide bonds. The number of aryl methyl sites for hydroxylation is 3. The number of aliphatic hydroxyl groups is 5. The minimum atomic E-state index is -3.30. The average Bonchev–Trinajstić information content (AvgIpc) is 1.69.